The standard InChI is InChI=1S/C29H18F6/c1-2-3-15-4-6-16(7-5-15)20-11-9-18-13-22(27(33)29(35)24(18)25(20)31)17-8-10-21-19(12-17)14-23(30)28(34)26(21)32/h4-14H,2-3H2,1H3. The van der Waals surface area contributed by atoms with Gasteiger partial charge in [0, 0.05) is 16.5 Å². The Kier molecular flexibility index (Phi) is 5.75. The van der Waals surface area contributed by atoms with Crippen molar-refractivity contribution in [3.05, 3.63) is 107 Å². The lowest BCUT2D eigenvalue weighted by atomic mass is 9.94. The summed E-state index contributed by atoms with van der Waals surface area (Å²) >= 11 is 0. The van der Waals surface area contributed by atoms with E-state index in [0.717, 1.165) is 30.5 Å². The number of hydrogen-bond donors (Lipinski definition) is 0. The van der Waals surface area contributed by atoms with Gasteiger partial charge >= 0.3 is 0 Å². The van der Waals surface area contributed by atoms with E-state index in [1.807, 2.05) is 12.1 Å². The van der Waals surface area contributed by atoms with Crippen LogP contribution in [0.3, 0.4) is 0 Å². The molecule has 0 bridgehead atoms. The molecule has 0 amide bonds. The van der Waals surface area contributed by atoms with Crippen LogP contribution in [0, 0.1) is 34.9 Å². The van der Waals surface area contributed by atoms with E-state index in [4.69, 9.17) is 0 Å². The number of rotatable bonds is 4. The lowest BCUT2D eigenvalue weighted by Gasteiger charge is -2.13. The molecule has 0 saturated carbocycles. The summed E-state index contributed by atoms with van der Waals surface area (Å²) in [4.78, 5) is 0. The fraction of sp³-hybridized carbons (Fsp3) is 0.103. The second-order valence-corrected chi connectivity index (χ2v) is 8.45. The Morgan fingerprint density at radius 3 is 1.97 bits per heavy atom. The molecule has 0 radical (unpaired) electrons. The van der Waals surface area contributed by atoms with Crippen LogP contribution in [-0.2, 0) is 6.42 Å². The highest BCUT2D eigenvalue weighted by Gasteiger charge is 2.21. The zero-order valence-corrected chi connectivity index (χ0v) is 18.5. The molecule has 0 aliphatic rings. The highest BCUT2D eigenvalue weighted by Crippen LogP contribution is 2.37. The van der Waals surface area contributed by atoms with Gasteiger partial charge in [0.15, 0.2) is 29.1 Å². The first-order valence-corrected chi connectivity index (χ1v) is 11.1. The van der Waals surface area contributed by atoms with Crippen molar-refractivity contribution in [1.29, 1.82) is 0 Å². The molecular formula is C29H18F6. The Bertz CT molecular complexity index is 1600. The average Bonchev–Trinajstić information content (AvgIpc) is 2.85. The van der Waals surface area contributed by atoms with E-state index >= 15 is 13.2 Å². The number of hydrogen-bond acceptors (Lipinski definition) is 0. The molecule has 176 valence electrons. The van der Waals surface area contributed by atoms with E-state index in [9.17, 15) is 13.2 Å². The first kappa shape index (κ1) is 23.0. The Labute approximate surface area is 197 Å². The van der Waals surface area contributed by atoms with Gasteiger partial charge in [0.2, 0.25) is 0 Å². The average molecular weight is 480 g/mol. The molecule has 0 saturated heterocycles. The Morgan fingerprint density at radius 1 is 0.543 bits per heavy atom. The van der Waals surface area contributed by atoms with Gasteiger partial charge in [-0.3, -0.25) is 0 Å². The van der Waals surface area contributed by atoms with Crippen LogP contribution in [0.2, 0.25) is 0 Å². The van der Waals surface area contributed by atoms with E-state index in [1.165, 1.54) is 30.3 Å². The normalized spacial score (nSPS) is 11.5. The zero-order chi connectivity index (χ0) is 24.9. The van der Waals surface area contributed by atoms with Gasteiger partial charge in [-0.25, -0.2) is 26.3 Å². The molecular weight excluding hydrogens is 462 g/mol. The number of benzene rings is 5. The summed E-state index contributed by atoms with van der Waals surface area (Å²) < 4.78 is 87.0. The van der Waals surface area contributed by atoms with Crippen molar-refractivity contribution < 1.29 is 26.3 Å². The fourth-order valence-corrected chi connectivity index (χ4v) is 4.43. The van der Waals surface area contributed by atoms with Crippen molar-refractivity contribution >= 4 is 21.5 Å². The molecule has 0 unspecified atom stereocenters. The maximum atomic E-state index is 15.4. The van der Waals surface area contributed by atoms with Gasteiger partial charge in [-0.2, -0.15) is 0 Å². The Morgan fingerprint density at radius 2 is 1.26 bits per heavy atom. The van der Waals surface area contributed by atoms with Gasteiger partial charge in [-0.15, -0.1) is 0 Å². The van der Waals surface area contributed by atoms with Crippen molar-refractivity contribution in [1.82, 2.24) is 0 Å². The molecule has 0 spiro atoms. The van der Waals surface area contributed by atoms with E-state index in [-0.39, 0.29) is 32.8 Å². The summed E-state index contributed by atoms with van der Waals surface area (Å²) in [7, 11) is 0. The van der Waals surface area contributed by atoms with E-state index < -0.39 is 40.3 Å². The van der Waals surface area contributed by atoms with Crippen LogP contribution < -0.4 is 0 Å². The topological polar surface area (TPSA) is 0 Å². The molecule has 0 aromatic heterocycles. The van der Waals surface area contributed by atoms with Gasteiger partial charge < -0.3 is 0 Å². The second kappa shape index (κ2) is 8.77. The third-order valence-electron chi connectivity index (χ3n) is 6.21. The minimum atomic E-state index is -1.61. The lowest BCUT2D eigenvalue weighted by molar-refractivity contribution is 0.453. The second-order valence-electron chi connectivity index (χ2n) is 8.45. The number of halogens is 6. The van der Waals surface area contributed by atoms with Gasteiger partial charge in [-0.1, -0.05) is 61.9 Å². The highest BCUT2D eigenvalue weighted by molar-refractivity contribution is 5.94. The first-order chi connectivity index (χ1) is 16.8. The van der Waals surface area contributed by atoms with Crippen LogP contribution in [0.1, 0.15) is 18.9 Å². The molecule has 0 N–H and O–H groups in total. The summed E-state index contributed by atoms with van der Waals surface area (Å²) in [5.74, 6) is -7.92. The van der Waals surface area contributed by atoms with Crippen molar-refractivity contribution in [2.45, 2.75) is 19.8 Å². The van der Waals surface area contributed by atoms with Crippen molar-refractivity contribution in [2.75, 3.05) is 0 Å². The Balaban J connectivity index is 1.65. The van der Waals surface area contributed by atoms with Crippen LogP contribution in [0.15, 0.2) is 66.7 Å². The SMILES string of the molecule is CCCc1ccc(-c2ccc3cc(-c4ccc5c(F)c(F)c(F)cc5c4)c(F)c(F)c3c2F)cc1. The van der Waals surface area contributed by atoms with E-state index in [1.54, 1.807) is 12.1 Å². The predicted octanol–water partition coefficient (Wildman–Crippen LogP) is 9.11. The number of aryl methyl sites for hydroxylation is 1. The molecule has 0 fully saturated rings. The summed E-state index contributed by atoms with van der Waals surface area (Å²) in [5.41, 5.74) is 1.68. The maximum absolute atomic E-state index is 15.4. The first-order valence-electron chi connectivity index (χ1n) is 11.1. The van der Waals surface area contributed by atoms with Crippen LogP contribution >= 0.6 is 0 Å². The third-order valence-corrected chi connectivity index (χ3v) is 6.21. The van der Waals surface area contributed by atoms with Gasteiger partial charge in [0.25, 0.3) is 0 Å². The maximum Gasteiger partial charge on any atom is 0.195 e. The van der Waals surface area contributed by atoms with Gasteiger partial charge in [0.05, 0.1) is 5.39 Å². The lowest BCUT2D eigenvalue weighted by Crippen LogP contribution is -1.97. The van der Waals surface area contributed by atoms with E-state index in [0.29, 0.717) is 5.56 Å². The minimum Gasteiger partial charge on any atom is -0.206 e. The molecule has 0 nitrogen and oxygen atoms in total. The Hall–Kier alpha value is -3.80. The highest BCUT2D eigenvalue weighted by atomic mass is 19.2. The molecule has 0 aliphatic heterocycles. The predicted molar refractivity (Wildman–Crippen MR) is 126 cm³/mol. The summed E-state index contributed by atoms with van der Waals surface area (Å²) in [6.07, 6.45) is 1.85. The fourth-order valence-electron chi connectivity index (χ4n) is 4.43. The van der Waals surface area contributed by atoms with Crippen LogP contribution in [0.5, 0.6) is 0 Å². The van der Waals surface area contributed by atoms with Crippen LogP contribution in [0.4, 0.5) is 26.3 Å². The van der Waals surface area contributed by atoms with Crippen molar-refractivity contribution in [3.8, 4) is 22.3 Å². The van der Waals surface area contributed by atoms with E-state index in [2.05, 4.69) is 6.92 Å². The largest absolute Gasteiger partial charge is 0.206 e. The zero-order valence-electron chi connectivity index (χ0n) is 18.5. The molecule has 6 heteroatoms. The number of fused-ring (bicyclic) bond motifs is 2. The molecule has 35 heavy (non-hydrogen) atoms. The molecule has 5 aromatic rings. The van der Waals surface area contributed by atoms with Crippen molar-refractivity contribution in [2.24, 2.45) is 0 Å². The summed E-state index contributed by atoms with van der Waals surface area (Å²) in [5, 5.41) is -0.581. The monoisotopic (exact) mass is 480 g/mol. The summed E-state index contributed by atoms with van der Waals surface area (Å²) in [6.45, 7) is 2.05. The molecule has 5 aromatic carbocycles. The minimum absolute atomic E-state index is 0.0214. The van der Waals surface area contributed by atoms with Crippen molar-refractivity contribution in [3.63, 3.8) is 0 Å². The smallest absolute Gasteiger partial charge is 0.195 e. The third kappa shape index (κ3) is 3.83. The molecule has 0 heterocycles. The molecule has 0 atom stereocenters. The van der Waals surface area contributed by atoms with Gasteiger partial charge in [0.1, 0.15) is 5.82 Å². The molecule has 0 aliphatic carbocycles. The quantitative estimate of drug-likeness (QED) is 0.178. The van der Waals surface area contributed by atoms with Crippen LogP contribution in [-0.4, -0.2) is 0 Å². The summed E-state index contributed by atoms with van der Waals surface area (Å²) in [6, 6.07) is 16.0. The van der Waals surface area contributed by atoms with Gasteiger partial charge in [-0.05, 0) is 52.1 Å². The van der Waals surface area contributed by atoms with Crippen LogP contribution in [0.25, 0.3) is 43.8 Å². The molecule has 5 rings (SSSR count).